The van der Waals surface area contributed by atoms with Gasteiger partial charge in [-0.25, -0.2) is 14.9 Å². The number of carbonyl (C=O) groups is 1. The van der Waals surface area contributed by atoms with E-state index in [2.05, 4.69) is 9.97 Å². The van der Waals surface area contributed by atoms with E-state index in [1.807, 2.05) is 43.3 Å². The number of hydroxylamine groups is 1. The number of amides is 1. The molecule has 1 unspecified atom stereocenters. The molecule has 1 amide bonds. The molecule has 140 valence electrons. The second kappa shape index (κ2) is 7.25. The molecule has 5 nitrogen and oxygen atoms in total. The van der Waals surface area contributed by atoms with Crippen molar-refractivity contribution in [2.75, 3.05) is 0 Å². The van der Waals surface area contributed by atoms with Crippen LogP contribution in [0.4, 0.5) is 4.39 Å². The van der Waals surface area contributed by atoms with Gasteiger partial charge >= 0.3 is 0 Å². The fourth-order valence-electron chi connectivity index (χ4n) is 3.28. The van der Waals surface area contributed by atoms with Crippen molar-refractivity contribution >= 4 is 16.9 Å². The van der Waals surface area contributed by atoms with Gasteiger partial charge in [0, 0.05) is 11.5 Å². The largest absolute Gasteiger partial charge is 0.341 e. The molecule has 0 bridgehead atoms. The maximum atomic E-state index is 14.8. The summed E-state index contributed by atoms with van der Waals surface area (Å²) in [7, 11) is 0. The average Bonchev–Trinajstić information content (AvgIpc) is 3.16. The molecule has 0 aliphatic carbocycles. The van der Waals surface area contributed by atoms with Gasteiger partial charge in [0.1, 0.15) is 11.6 Å². The number of nitrogens with one attached hydrogen (secondary N) is 2. The molecule has 0 saturated heterocycles. The molecule has 0 fully saturated rings. The molecule has 3 N–H and O–H groups in total. The number of H-pyrrole nitrogens is 1. The summed E-state index contributed by atoms with van der Waals surface area (Å²) in [6.45, 7) is 1.87. The van der Waals surface area contributed by atoms with Crippen molar-refractivity contribution in [3.05, 3.63) is 89.5 Å². The molecule has 4 aromatic rings. The fraction of sp³-hybridized carbons (Fsp3) is 0.0909. The molecule has 1 heterocycles. The molecule has 1 atom stereocenters. The molecule has 3 aromatic carbocycles. The maximum absolute atomic E-state index is 14.8. The maximum Gasteiger partial charge on any atom is 0.274 e. The number of nitrogens with zero attached hydrogens (tertiary/aromatic N) is 1. The topological polar surface area (TPSA) is 78.0 Å². The predicted octanol–water partition coefficient (Wildman–Crippen LogP) is 4.64. The van der Waals surface area contributed by atoms with E-state index in [0.717, 1.165) is 11.1 Å². The van der Waals surface area contributed by atoms with Crippen molar-refractivity contribution in [3.8, 4) is 11.1 Å². The summed E-state index contributed by atoms with van der Waals surface area (Å²) in [6.07, 6.45) is 0. The number of hydrogen-bond acceptors (Lipinski definition) is 3. The van der Waals surface area contributed by atoms with Gasteiger partial charge in [-0.2, -0.15) is 0 Å². The monoisotopic (exact) mass is 375 g/mol. The van der Waals surface area contributed by atoms with Crippen molar-refractivity contribution in [2.45, 2.75) is 12.8 Å². The van der Waals surface area contributed by atoms with E-state index in [0.29, 0.717) is 28.0 Å². The number of aromatic amines is 1. The van der Waals surface area contributed by atoms with Crippen LogP contribution in [0.2, 0.25) is 0 Å². The Morgan fingerprint density at radius 2 is 1.86 bits per heavy atom. The Kier molecular flexibility index (Phi) is 4.63. The Labute approximate surface area is 160 Å². The molecular weight excluding hydrogens is 357 g/mol. The number of imidazole rings is 1. The van der Waals surface area contributed by atoms with Crippen molar-refractivity contribution in [1.82, 2.24) is 15.4 Å². The average molecular weight is 375 g/mol. The number of fused-ring (bicyclic) bond motifs is 1. The van der Waals surface area contributed by atoms with Crippen LogP contribution in [0, 0.1) is 5.82 Å². The van der Waals surface area contributed by atoms with Gasteiger partial charge in [-0.15, -0.1) is 0 Å². The molecule has 0 spiro atoms. The lowest BCUT2D eigenvalue weighted by atomic mass is 9.96. The van der Waals surface area contributed by atoms with E-state index in [9.17, 15) is 9.18 Å². The van der Waals surface area contributed by atoms with Gasteiger partial charge in [0.05, 0.1) is 11.0 Å². The number of carbonyl (C=O) groups excluding carboxylic acids is 1. The van der Waals surface area contributed by atoms with Crippen LogP contribution >= 0.6 is 0 Å². The zero-order valence-corrected chi connectivity index (χ0v) is 15.1. The van der Waals surface area contributed by atoms with Gasteiger partial charge in [0.2, 0.25) is 0 Å². The lowest BCUT2D eigenvalue weighted by Gasteiger charge is -2.12. The third-order valence-corrected chi connectivity index (χ3v) is 4.85. The van der Waals surface area contributed by atoms with Crippen LogP contribution in [-0.2, 0) is 0 Å². The second-order valence-electron chi connectivity index (χ2n) is 6.62. The minimum Gasteiger partial charge on any atom is -0.341 e. The van der Waals surface area contributed by atoms with Crippen molar-refractivity contribution in [2.24, 2.45) is 0 Å². The van der Waals surface area contributed by atoms with Gasteiger partial charge in [-0.1, -0.05) is 49.4 Å². The second-order valence-corrected chi connectivity index (χ2v) is 6.62. The first kappa shape index (κ1) is 17.9. The summed E-state index contributed by atoms with van der Waals surface area (Å²) in [5, 5.41) is 8.77. The van der Waals surface area contributed by atoms with Crippen LogP contribution in [-0.4, -0.2) is 21.1 Å². The van der Waals surface area contributed by atoms with E-state index < -0.39 is 5.91 Å². The van der Waals surface area contributed by atoms with Crippen LogP contribution in [0.15, 0.2) is 66.7 Å². The van der Waals surface area contributed by atoms with Crippen LogP contribution < -0.4 is 5.48 Å². The fourth-order valence-corrected chi connectivity index (χ4v) is 3.28. The van der Waals surface area contributed by atoms with Gasteiger partial charge in [-0.3, -0.25) is 10.0 Å². The standard InChI is InChI=1S/C22H18FN3O2/c1-13(17-9-7-15(11-18(17)23)14-5-3-2-4-6-14)21-24-19-10-8-16(22(27)26-28)12-20(19)25-21/h2-13,28H,1H3,(H,24,25)(H,26,27). The first-order chi connectivity index (χ1) is 13.6. The summed E-state index contributed by atoms with van der Waals surface area (Å²) < 4.78 is 14.8. The van der Waals surface area contributed by atoms with E-state index in [-0.39, 0.29) is 11.7 Å². The summed E-state index contributed by atoms with van der Waals surface area (Å²) in [4.78, 5) is 19.2. The van der Waals surface area contributed by atoms with Crippen LogP contribution in [0.5, 0.6) is 0 Å². The van der Waals surface area contributed by atoms with Crippen LogP contribution in [0.25, 0.3) is 22.2 Å². The third kappa shape index (κ3) is 3.25. The van der Waals surface area contributed by atoms with Gasteiger partial charge in [0.25, 0.3) is 5.91 Å². The number of aromatic nitrogens is 2. The minimum atomic E-state index is -0.603. The highest BCUT2D eigenvalue weighted by Crippen LogP contribution is 2.29. The number of rotatable bonds is 4. The van der Waals surface area contributed by atoms with E-state index in [1.54, 1.807) is 29.7 Å². The molecule has 0 radical (unpaired) electrons. The highest BCUT2D eigenvalue weighted by atomic mass is 19.1. The first-order valence-corrected chi connectivity index (χ1v) is 8.86. The minimum absolute atomic E-state index is 0.297. The summed E-state index contributed by atoms with van der Waals surface area (Å²) in [5.74, 6) is -0.599. The van der Waals surface area contributed by atoms with E-state index in [1.165, 1.54) is 6.07 Å². The molecule has 0 saturated carbocycles. The SMILES string of the molecule is CC(c1nc2ccc(C(=O)NO)cc2[nH]1)c1ccc(-c2ccccc2)cc1F. The van der Waals surface area contributed by atoms with Crippen molar-refractivity contribution in [3.63, 3.8) is 0 Å². The van der Waals surface area contributed by atoms with Gasteiger partial charge in [-0.05, 0) is 41.0 Å². The number of benzene rings is 3. The molecule has 4 rings (SSSR count). The van der Waals surface area contributed by atoms with Gasteiger partial charge < -0.3 is 4.98 Å². The zero-order valence-electron chi connectivity index (χ0n) is 15.1. The normalized spacial score (nSPS) is 12.1. The van der Waals surface area contributed by atoms with E-state index in [4.69, 9.17) is 5.21 Å². The summed E-state index contributed by atoms with van der Waals surface area (Å²) >= 11 is 0. The zero-order chi connectivity index (χ0) is 19.7. The highest BCUT2D eigenvalue weighted by Gasteiger charge is 2.18. The molecule has 0 aliphatic heterocycles. The Bertz CT molecular complexity index is 1160. The Balaban J connectivity index is 1.67. The predicted molar refractivity (Wildman–Crippen MR) is 105 cm³/mol. The molecule has 1 aromatic heterocycles. The summed E-state index contributed by atoms with van der Waals surface area (Å²) in [5.41, 5.74) is 5.52. The quantitative estimate of drug-likeness (QED) is 0.359. The Hall–Kier alpha value is -3.51. The highest BCUT2D eigenvalue weighted by molar-refractivity contribution is 5.96. The van der Waals surface area contributed by atoms with Crippen LogP contribution in [0.1, 0.15) is 34.6 Å². The summed E-state index contributed by atoms with van der Waals surface area (Å²) in [6, 6.07) is 19.7. The van der Waals surface area contributed by atoms with Crippen LogP contribution in [0.3, 0.4) is 0 Å². The number of hydrogen-bond donors (Lipinski definition) is 3. The van der Waals surface area contributed by atoms with Crippen molar-refractivity contribution in [1.29, 1.82) is 0 Å². The van der Waals surface area contributed by atoms with Crippen molar-refractivity contribution < 1.29 is 14.4 Å². The number of halogens is 1. The lowest BCUT2D eigenvalue weighted by Crippen LogP contribution is -2.18. The third-order valence-electron chi connectivity index (χ3n) is 4.85. The Morgan fingerprint density at radius 1 is 1.07 bits per heavy atom. The molecular formula is C22H18FN3O2. The van der Waals surface area contributed by atoms with E-state index >= 15 is 0 Å². The molecule has 0 aliphatic rings. The molecule has 6 heteroatoms. The lowest BCUT2D eigenvalue weighted by molar-refractivity contribution is 0.0706. The first-order valence-electron chi connectivity index (χ1n) is 8.86. The van der Waals surface area contributed by atoms with Gasteiger partial charge in [0.15, 0.2) is 0 Å². The smallest absolute Gasteiger partial charge is 0.274 e. The molecule has 28 heavy (non-hydrogen) atoms. The Morgan fingerprint density at radius 3 is 2.57 bits per heavy atom.